The molecule has 1 N–H and O–H groups in total. The molecule has 1 aromatic carbocycles. The molecule has 1 aromatic rings. The Kier molecular flexibility index (Phi) is 4.71. The van der Waals surface area contributed by atoms with Gasteiger partial charge in [0.25, 0.3) is 11.6 Å². The Balaban J connectivity index is 1.92. The van der Waals surface area contributed by atoms with Crippen molar-refractivity contribution in [2.45, 2.75) is 32.3 Å². The Morgan fingerprint density at radius 2 is 1.96 bits per heavy atom. The van der Waals surface area contributed by atoms with Crippen LogP contribution >= 0.6 is 0 Å². The lowest BCUT2D eigenvalue weighted by Crippen LogP contribution is -2.36. The van der Waals surface area contributed by atoms with E-state index in [0.717, 1.165) is 31.6 Å². The van der Waals surface area contributed by atoms with E-state index < -0.39 is 11.0 Å². The highest BCUT2D eigenvalue weighted by molar-refractivity contribution is 6.00. The van der Waals surface area contributed by atoms with Crippen LogP contribution in [-0.4, -0.2) is 53.1 Å². The Labute approximate surface area is 141 Å². The molecule has 130 valence electrons. The molecule has 0 radical (unpaired) electrons. The molecular formula is C17H23N3O4. The fourth-order valence-electron chi connectivity index (χ4n) is 3.43. The number of piperidine rings is 1. The van der Waals surface area contributed by atoms with E-state index in [4.69, 9.17) is 0 Å². The number of carbonyl (C=O) groups excluding carboxylic acids is 1. The van der Waals surface area contributed by atoms with E-state index in [-0.39, 0.29) is 18.1 Å². The molecule has 2 heterocycles. The predicted octanol–water partition coefficient (Wildman–Crippen LogP) is 2.04. The summed E-state index contributed by atoms with van der Waals surface area (Å²) in [6, 6.07) is 4.53. The van der Waals surface area contributed by atoms with Crippen LogP contribution in [0.3, 0.4) is 0 Å². The number of nitro groups is 1. The van der Waals surface area contributed by atoms with Crippen LogP contribution in [0, 0.1) is 16.0 Å². The fourth-order valence-corrected chi connectivity index (χ4v) is 3.43. The number of aliphatic hydroxyl groups excluding tert-OH is 1. The maximum absolute atomic E-state index is 12.9. The molecule has 0 aliphatic carbocycles. The van der Waals surface area contributed by atoms with Crippen molar-refractivity contribution in [3.8, 4) is 0 Å². The second-order valence-electron chi connectivity index (χ2n) is 6.82. The summed E-state index contributed by atoms with van der Waals surface area (Å²) in [5, 5.41) is 20.8. The van der Waals surface area contributed by atoms with Crippen LogP contribution in [0.1, 0.15) is 36.5 Å². The number of anilines is 1. The predicted molar refractivity (Wildman–Crippen MR) is 90.2 cm³/mol. The molecule has 0 bridgehead atoms. The van der Waals surface area contributed by atoms with Gasteiger partial charge in [-0.3, -0.25) is 14.9 Å². The highest BCUT2D eigenvalue weighted by atomic mass is 16.6. The minimum atomic E-state index is -0.507. The van der Waals surface area contributed by atoms with Crippen molar-refractivity contribution >= 4 is 17.3 Å². The number of nitro benzene ring substituents is 1. The zero-order chi connectivity index (χ0) is 17.3. The summed E-state index contributed by atoms with van der Waals surface area (Å²) in [4.78, 5) is 27.2. The van der Waals surface area contributed by atoms with Gasteiger partial charge in [0.2, 0.25) is 0 Å². The van der Waals surface area contributed by atoms with Gasteiger partial charge in [-0.15, -0.1) is 0 Å². The van der Waals surface area contributed by atoms with Crippen molar-refractivity contribution in [3.63, 3.8) is 0 Å². The first-order valence-electron chi connectivity index (χ1n) is 8.46. The van der Waals surface area contributed by atoms with E-state index in [9.17, 15) is 20.0 Å². The number of amides is 1. The van der Waals surface area contributed by atoms with Gasteiger partial charge in [-0.25, -0.2) is 0 Å². The van der Waals surface area contributed by atoms with Crippen LogP contribution in [0.25, 0.3) is 0 Å². The van der Waals surface area contributed by atoms with Crippen molar-refractivity contribution in [1.29, 1.82) is 0 Å². The topological polar surface area (TPSA) is 86.9 Å². The van der Waals surface area contributed by atoms with Crippen molar-refractivity contribution in [2.24, 2.45) is 5.92 Å². The average Bonchev–Trinajstić information content (AvgIpc) is 3.01. The van der Waals surface area contributed by atoms with E-state index >= 15 is 0 Å². The average molecular weight is 333 g/mol. The molecule has 7 heteroatoms. The van der Waals surface area contributed by atoms with Crippen molar-refractivity contribution < 1.29 is 14.8 Å². The number of nitrogens with zero attached hydrogens (tertiary/aromatic N) is 3. The SMILES string of the molecule is CC1CCN(c2ccc([N+](=O)[O-])cc2C(=O)N2CC[C@@H](O)C2)CC1. The molecule has 0 saturated carbocycles. The first kappa shape index (κ1) is 16.7. The molecule has 1 atom stereocenters. The molecule has 24 heavy (non-hydrogen) atoms. The lowest BCUT2D eigenvalue weighted by Gasteiger charge is -2.33. The van der Waals surface area contributed by atoms with Crippen molar-refractivity contribution in [2.75, 3.05) is 31.1 Å². The molecule has 3 rings (SSSR count). The highest BCUT2D eigenvalue weighted by Crippen LogP contribution is 2.31. The van der Waals surface area contributed by atoms with Gasteiger partial charge in [-0.2, -0.15) is 0 Å². The molecule has 7 nitrogen and oxygen atoms in total. The Bertz CT molecular complexity index is 641. The van der Waals surface area contributed by atoms with Gasteiger partial charge in [0.1, 0.15) is 0 Å². The quantitative estimate of drug-likeness (QED) is 0.675. The summed E-state index contributed by atoms with van der Waals surface area (Å²) in [7, 11) is 0. The number of non-ortho nitro benzene ring substituents is 1. The lowest BCUT2D eigenvalue weighted by atomic mass is 9.97. The third-order valence-electron chi connectivity index (χ3n) is 5.00. The summed E-state index contributed by atoms with van der Waals surface area (Å²) in [6.07, 6.45) is 2.14. The number of carbonyl (C=O) groups is 1. The van der Waals surface area contributed by atoms with E-state index in [1.54, 1.807) is 11.0 Å². The number of likely N-dealkylation sites (tertiary alicyclic amines) is 1. The Morgan fingerprint density at radius 1 is 1.25 bits per heavy atom. The molecule has 1 amide bonds. The molecule has 0 aromatic heterocycles. The van der Waals surface area contributed by atoms with Gasteiger partial charge in [-0.05, 0) is 31.2 Å². The van der Waals surface area contributed by atoms with Gasteiger partial charge < -0.3 is 14.9 Å². The molecule has 2 saturated heterocycles. The number of rotatable bonds is 3. The van der Waals surface area contributed by atoms with Gasteiger partial charge in [0, 0.05) is 38.3 Å². The fraction of sp³-hybridized carbons (Fsp3) is 0.588. The molecule has 0 unspecified atom stereocenters. The van der Waals surface area contributed by atoms with E-state index in [2.05, 4.69) is 11.8 Å². The van der Waals surface area contributed by atoms with Crippen molar-refractivity contribution in [1.82, 2.24) is 4.90 Å². The first-order valence-corrected chi connectivity index (χ1v) is 8.46. The zero-order valence-electron chi connectivity index (χ0n) is 13.9. The standard InChI is InChI=1S/C17H23N3O4/c1-12-4-7-18(8-5-12)16-3-2-13(20(23)24)10-15(16)17(22)19-9-6-14(21)11-19/h2-3,10,12,14,21H,4-9,11H2,1H3/t14-/m1/s1. The largest absolute Gasteiger partial charge is 0.391 e. The van der Waals surface area contributed by atoms with E-state index in [0.29, 0.717) is 24.4 Å². The Hall–Kier alpha value is -2.15. The third kappa shape index (κ3) is 3.36. The van der Waals surface area contributed by atoms with Gasteiger partial charge in [0.15, 0.2) is 0 Å². The number of benzene rings is 1. The number of aliphatic hydroxyl groups is 1. The summed E-state index contributed by atoms with van der Waals surface area (Å²) in [6.45, 7) is 4.69. The van der Waals surface area contributed by atoms with E-state index in [1.807, 2.05) is 0 Å². The summed E-state index contributed by atoms with van der Waals surface area (Å²) in [5.74, 6) is 0.427. The first-order chi connectivity index (χ1) is 11.5. The maximum atomic E-state index is 12.9. The number of β-amino-alcohol motifs (C(OH)–C–C–N with tert-alkyl or cyclic N) is 1. The van der Waals surface area contributed by atoms with Crippen LogP contribution < -0.4 is 4.90 Å². The van der Waals surface area contributed by atoms with Crippen LogP contribution in [0.15, 0.2) is 18.2 Å². The molecule has 2 aliphatic heterocycles. The lowest BCUT2D eigenvalue weighted by molar-refractivity contribution is -0.384. The van der Waals surface area contributed by atoms with Gasteiger partial charge >= 0.3 is 0 Å². The summed E-state index contributed by atoms with van der Waals surface area (Å²) < 4.78 is 0. The molecule has 2 aliphatic rings. The van der Waals surface area contributed by atoms with Crippen LogP contribution in [0.5, 0.6) is 0 Å². The summed E-state index contributed by atoms with van der Waals surface area (Å²) in [5.41, 5.74) is 1.05. The molecule has 0 spiro atoms. The monoisotopic (exact) mass is 333 g/mol. The van der Waals surface area contributed by atoms with Crippen LogP contribution in [0.4, 0.5) is 11.4 Å². The normalized spacial score (nSPS) is 22.0. The minimum absolute atomic E-state index is 0.0766. The smallest absolute Gasteiger partial charge is 0.270 e. The van der Waals surface area contributed by atoms with Gasteiger partial charge in [0.05, 0.1) is 22.3 Å². The number of hydrogen-bond donors (Lipinski definition) is 1. The molecule has 2 fully saturated rings. The Morgan fingerprint density at radius 3 is 2.54 bits per heavy atom. The van der Waals surface area contributed by atoms with Gasteiger partial charge in [-0.1, -0.05) is 6.92 Å². The van der Waals surface area contributed by atoms with Crippen LogP contribution in [0.2, 0.25) is 0 Å². The molecular weight excluding hydrogens is 310 g/mol. The second-order valence-corrected chi connectivity index (χ2v) is 6.82. The minimum Gasteiger partial charge on any atom is -0.391 e. The second kappa shape index (κ2) is 6.76. The zero-order valence-corrected chi connectivity index (χ0v) is 13.9. The van der Waals surface area contributed by atoms with Crippen molar-refractivity contribution in [3.05, 3.63) is 33.9 Å². The third-order valence-corrected chi connectivity index (χ3v) is 5.00. The number of hydrogen-bond acceptors (Lipinski definition) is 5. The maximum Gasteiger partial charge on any atom is 0.270 e. The van der Waals surface area contributed by atoms with Crippen LogP contribution in [-0.2, 0) is 0 Å². The van der Waals surface area contributed by atoms with E-state index in [1.165, 1.54) is 12.1 Å². The summed E-state index contributed by atoms with van der Waals surface area (Å²) >= 11 is 0. The highest BCUT2D eigenvalue weighted by Gasteiger charge is 2.30.